The van der Waals surface area contributed by atoms with Gasteiger partial charge in [-0.05, 0) is 6.92 Å². The maximum atomic E-state index is 10.7. The van der Waals surface area contributed by atoms with E-state index in [4.69, 9.17) is 10.5 Å². The van der Waals surface area contributed by atoms with E-state index in [1.54, 1.807) is 6.92 Å². The first-order valence-corrected chi connectivity index (χ1v) is 4.47. The fourth-order valence-corrected chi connectivity index (χ4v) is 1.15. The molecule has 0 saturated carbocycles. The minimum atomic E-state index is -0.340. The van der Waals surface area contributed by atoms with Crippen molar-refractivity contribution < 1.29 is 9.53 Å². The maximum absolute atomic E-state index is 10.7. The van der Waals surface area contributed by atoms with Crippen LogP contribution in [0.3, 0.4) is 0 Å². The molecule has 4 heteroatoms. The first-order valence-electron chi connectivity index (χ1n) is 4.47. The highest BCUT2D eigenvalue weighted by Crippen LogP contribution is 1.98. The summed E-state index contributed by atoms with van der Waals surface area (Å²) in [5, 5.41) is 0. The zero-order valence-electron chi connectivity index (χ0n) is 7.95. The number of primary amides is 1. The van der Waals surface area contributed by atoms with Crippen molar-refractivity contribution in [3.8, 4) is 0 Å². The van der Waals surface area contributed by atoms with Gasteiger partial charge in [0.1, 0.15) is 0 Å². The molecule has 0 aromatic carbocycles. The van der Waals surface area contributed by atoms with Gasteiger partial charge in [0.05, 0.1) is 13.2 Å². The van der Waals surface area contributed by atoms with Crippen LogP contribution in [0.1, 0.15) is 6.92 Å². The lowest BCUT2D eigenvalue weighted by Gasteiger charge is -2.25. The fraction of sp³-hybridized carbons (Fsp3) is 0.667. The molecule has 0 aromatic rings. The number of hydrogen-bond acceptors (Lipinski definition) is 3. The molecule has 0 spiro atoms. The van der Waals surface area contributed by atoms with E-state index in [-0.39, 0.29) is 5.91 Å². The molecule has 0 bridgehead atoms. The van der Waals surface area contributed by atoms with Gasteiger partial charge in [-0.25, -0.2) is 0 Å². The van der Waals surface area contributed by atoms with Crippen molar-refractivity contribution in [3.63, 3.8) is 0 Å². The standard InChI is InChI=1S/C9H16N2O2/c1-8(9(10)12)2-3-11-4-6-13-7-5-11/h2H,3-7H2,1H3,(H2,10,12). The fourth-order valence-electron chi connectivity index (χ4n) is 1.15. The number of nitrogens with two attached hydrogens (primary N) is 1. The Hall–Kier alpha value is -0.870. The number of rotatable bonds is 3. The number of ether oxygens (including phenoxy) is 1. The molecule has 1 fully saturated rings. The summed E-state index contributed by atoms with van der Waals surface area (Å²) in [4.78, 5) is 12.9. The van der Waals surface area contributed by atoms with E-state index in [0.29, 0.717) is 5.57 Å². The van der Waals surface area contributed by atoms with E-state index in [9.17, 15) is 4.79 Å². The smallest absolute Gasteiger partial charge is 0.244 e. The molecule has 1 heterocycles. The second-order valence-corrected chi connectivity index (χ2v) is 3.16. The SMILES string of the molecule is CC(=CCN1CCOCC1)C(N)=O. The van der Waals surface area contributed by atoms with Gasteiger partial charge in [-0.15, -0.1) is 0 Å². The summed E-state index contributed by atoms with van der Waals surface area (Å²) in [5.74, 6) is -0.340. The van der Waals surface area contributed by atoms with Crippen molar-refractivity contribution in [2.75, 3.05) is 32.8 Å². The highest BCUT2D eigenvalue weighted by Gasteiger charge is 2.08. The summed E-state index contributed by atoms with van der Waals surface area (Å²) < 4.78 is 5.20. The second-order valence-electron chi connectivity index (χ2n) is 3.16. The largest absolute Gasteiger partial charge is 0.379 e. The van der Waals surface area contributed by atoms with Gasteiger partial charge in [-0.1, -0.05) is 6.08 Å². The lowest BCUT2D eigenvalue weighted by atomic mass is 10.2. The Balaban J connectivity index is 2.31. The quantitative estimate of drug-likeness (QED) is 0.615. The van der Waals surface area contributed by atoms with Crippen molar-refractivity contribution in [1.82, 2.24) is 4.90 Å². The zero-order valence-corrected chi connectivity index (χ0v) is 7.95. The van der Waals surface area contributed by atoms with E-state index >= 15 is 0 Å². The normalized spacial score (nSPS) is 20.2. The first-order chi connectivity index (χ1) is 6.20. The lowest BCUT2D eigenvalue weighted by molar-refractivity contribution is -0.114. The molecule has 74 valence electrons. The summed E-state index contributed by atoms with van der Waals surface area (Å²) in [7, 11) is 0. The molecule has 1 rings (SSSR count). The van der Waals surface area contributed by atoms with Crippen LogP contribution in [-0.4, -0.2) is 43.7 Å². The van der Waals surface area contributed by atoms with Crippen LogP contribution in [-0.2, 0) is 9.53 Å². The van der Waals surface area contributed by atoms with Gasteiger partial charge >= 0.3 is 0 Å². The summed E-state index contributed by atoms with van der Waals surface area (Å²) in [6, 6.07) is 0. The molecule has 1 aliphatic rings. The number of nitrogens with zero attached hydrogens (tertiary/aromatic N) is 1. The second kappa shape index (κ2) is 4.99. The summed E-state index contributed by atoms with van der Waals surface area (Å²) in [6.07, 6.45) is 1.87. The predicted octanol–water partition coefficient (Wildman–Crippen LogP) is -0.250. The topological polar surface area (TPSA) is 55.6 Å². The van der Waals surface area contributed by atoms with Crippen LogP contribution in [0.2, 0.25) is 0 Å². The summed E-state index contributed by atoms with van der Waals surface area (Å²) in [6.45, 7) is 5.96. The van der Waals surface area contributed by atoms with Gasteiger partial charge in [-0.3, -0.25) is 9.69 Å². The number of amides is 1. The molecule has 1 amide bonds. The Kier molecular flexibility index (Phi) is 3.92. The summed E-state index contributed by atoms with van der Waals surface area (Å²) in [5.41, 5.74) is 5.73. The molecule has 0 atom stereocenters. The Bertz CT molecular complexity index is 208. The van der Waals surface area contributed by atoms with Crippen molar-refractivity contribution in [1.29, 1.82) is 0 Å². The minimum absolute atomic E-state index is 0.340. The predicted molar refractivity (Wildman–Crippen MR) is 50.2 cm³/mol. The summed E-state index contributed by atoms with van der Waals surface area (Å²) >= 11 is 0. The molecule has 0 radical (unpaired) electrons. The Morgan fingerprint density at radius 2 is 2.15 bits per heavy atom. The van der Waals surface area contributed by atoms with Crippen LogP contribution in [0.15, 0.2) is 11.6 Å². The average Bonchev–Trinajstić information content (AvgIpc) is 2.15. The molecule has 1 aliphatic heterocycles. The van der Waals surface area contributed by atoms with Gasteiger partial charge in [-0.2, -0.15) is 0 Å². The van der Waals surface area contributed by atoms with Gasteiger partial charge in [0.2, 0.25) is 5.91 Å². The third kappa shape index (κ3) is 3.57. The average molecular weight is 184 g/mol. The van der Waals surface area contributed by atoms with Gasteiger partial charge in [0.15, 0.2) is 0 Å². The van der Waals surface area contributed by atoms with E-state index in [1.807, 2.05) is 6.08 Å². The molecule has 0 unspecified atom stereocenters. The van der Waals surface area contributed by atoms with Gasteiger partial charge in [0, 0.05) is 25.2 Å². The van der Waals surface area contributed by atoms with Crippen LogP contribution < -0.4 is 5.73 Å². The Labute approximate surface area is 78.3 Å². The van der Waals surface area contributed by atoms with Crippen LogP contribution >= 0.6 is 0 Å². The van der Waals surface area contributed by atoms with Crippen LogP contribution in [0.25, 0.3) is 0 Å². The zero-order chi connectivity index (χ0) is 9.68. The van der Waals surface area contributed by atoms with Crippen molar-refractivity contribution in [3.05, 3.63) is 11.6 Å². The Morgan fingerprint density at radius 3 is 2.69 bits per heavy atom. The lowest BCUT2D eigenvalue weighted by Crippen LogP contribution is -2.36. The minimum Gasteiger partial charge on any atom is -0.379 e. The van der Waals surface area contributed by atoms with E-state index in [2.05, 4.69) is 4.90 Å². The van der Waals surface area contributed by atoms with Crippen LogP contribution in [0.4, 0.5) is 0 Å². The van der Waals surface area contributed by atoms with Gasteiger partial charge in [0.25, 0.3) is 0 Å². The highest BCUT2D eigenvalue weighted by atomic mass is 16.5. The van der Waals surface area contributed by atoms with E-state index in [1.165, 1.54) is 0 Å². The Morgan fingerprint density at radius 1 is 1.54 bits per heavy atom. The number of carbonyl (C=O) groups is 1. The number of carbonyl (C=O) groups excluding carboxylic acids is 1. The van der Waals surface area contributed by atoms with E-state index in [0.717, 1.165) is 32.8 Å². The van der Waals surface area contributed by atoms with Gasteiger partial charge < -0.3 is 10.5 Å². The third-order valence-corrected chi connectivity index (χ3v) is 2.15. The molecular formula is C9H16N2O2. The maximum Gasteiger partial charge on any atom is 0.244 e. The number of hydrogen-bond donors (Lipinski definition) is 1. The van der Waals surface area contributed by atoms with Crippen molar-refractivity contribution >= 4 is 5.91 Å². The monoisotopic (exact) mass is 184 g/mol. The van der Waals surface area contributed by atoms with Crippen LogP contribution in [0, 0.1) is 0 Å². The molecule has 0 aliphatic carbocycles. The molecule has 13 heavy (non-hydrogen) atoms. The van der Waals surface area contributed by atoms with E-state index < -0.39 is 0 Å². The molecule has 2 N–H and O–H groups in total. The molecule has 4 nitrogen and oxygen atoms in total. The molecule has 0 aromatic heterocycles. The highest BCUT2D eigenvalue weighted by molar-refractivity contribution is 5.91. The first kappa shape index (κ1) is 10.2. The van der Waals surface area contributed by atoms with Crippen molar-refractivity contribution in [2.24, 2.45) is 5.73 Å². The van der Waals surface area contributed by atoms with Crippen molar-refractivity contribution in [2.45, 2.75) is 6.92 Å². The molecular weight excluding hydrogens is 168 g/mol. The molecule has 1 saturated heterocycles. The van der Waals surface area contributed by atoms with Crippen LogP contribution in [0.5, 0.6) is 0 Å². The third-order valence-electron chi connectivity index (χ3n) is 2.15. The number of morpholine rings is 1.